The summed E-state index contributed by atoms with van der Waals surface area (Å²) >= 11 is 3.40. The molecule has 0 bridgehead atoms. The predicted molar refractivity (Wildman–Crippen MR) is 155 cm³/mol. The molecule has 0 aliphatic carbocycles. The fourth-order valence-corrected chi connectivity index (χ4v) is 6.22. The van der Waals surface area contributed by atoms with E-state index in [1.54, 1.807) is 56.3 Å². The Balaban J connectivity index is 1.94. The number of amides is 1. The molecule has 0 unspecified atom stereocenters. The molecule has 1 heterocycles. The summed E-state index contributed by atoms with van der Waals surface area (Å²) in [5.41, 5.74) is 1.55. The van der Waals surface area contributed by atoms with Crippen molar-refractivity contribution in [3.05, 3.63) is 64.6 Å². The van der Waals surface area contributed by atoms with E-state index in [0.717, 1.165) is 4.47 Å². The van der Waals surface area contributed by atoms with Crippen LogP contribution in [0, 0.1) is 0 Å². The topological polar surface area (TPSA) is 104 Å². The molecule has 1 N–H and O–H groups in total. The number of anilines is 1. The summed E-state index contributed by atoms with van der Waals surface area (Å²) in [6, 6.07) is 15.4. The molecule has 0 saturated carbocycles. The summed E-state index contributed by atoms with van der Waals surface area (Å²) in [5, 5.41) is 3.08. The molecule has 3 rings (SSSR count). The number of halogens is 1. The van der Waals surface area contributed by atoms with E-state index in [9.17, 15) is 14.2 Å². The van der Waals surface area contributed by atoms with Crippen molar-refractivity contribution < 1.29 is 32.4 Å². The minimum Gasteiger partial charge on any atom is -0.493 e. The van der Waals surface area contributed by atoms with Crippen LogP contribution in [0.25, 0.3) is 11.3 Å². The number of hydrogen-bond acceptors (Lipinski definition) is 7. The Hall–Kier alpha value is -2.49. The number of carbonyl (C=O) groups excluding carboxylic acids is 2. The molecule has 204 valence electrons. The average molecular weight is 623 g/mol. The van der Waals surface area contributed by atoms with Crippen molar-refractivity contribution in [3.8, 4) is 17.1 Å². The summed E-state index contributed by atoms with van der Waals surface area (Å²) < 4.78 is 36.6. The third-order valence-electron chi connectivity index (χ3n) is 5.43. The van der Waals surface area contributed by atoms with Crippen molar-refractivity contribution in [1.82, 2.24) is 0 Å². The van der Waals surface area contributed by atoms with Gasteiger partial charge in [0.05, 0.1) is 19.8 Å². The summed E-state index contributed by atoms with van der Waals surface area (Å²) in [6.07, 6.45) is 0.288. The van der Waals surface area contributed by atoms with Gasteiger partial charge < -0.3 is 28.3 Å². The molecule has 2 aromatic carbocycles. The maximum atomic E-state index is 13.2. The van der Waals surface area contributed by atoms with Crippen LogP contribution < -0.4 is 15.6 Å². The summed E-state index contributed by atoms with van der Waals surface area (Å²) in [5.74, 6) is 0.412. The van der Waals surface area contributed by atoms with Crippen LogP contribution in [0.5, 0.6) is 5.75 Å². The van der Waals surface area contributed by atoms with Gasteiger partial charge >= 0.3 is 7.60 Å². The molecule has 11 heteroatoms. The Morgan fingerprint density at radius 3 is 2.34 bits per heavy atom. The quantitative estimate of drug-likeness (QED) is 0.161. The molecule has 0 saturated heterocycles. The lowest BCUT2D eigenvalue weighted by Gasteiger charge is -2.15. The Labute approximate surface area is 232 Å². The molecule has 1 amide bonds. The van der Waals surface area contributed by atoms with E-state index in [-0.39, 0.29) is 43.1 Å². The fourth-order valence-electron chi connectivity index (χ4n) is 3.50. The zero-order valence-corrected chi connectivity index (χ0v) is 25.7. The highest BCUT2D eigenvalue weighted by Crippen LogP contribution is 2.47. The molecular weight excluding hydrogens is 589 g/mol. The first-order valence-corrected chi connectivity index (χ1v) is 18.2. The lowest BCUT2D eigenvalue weighted by atomic mass is 10.1. The van der Waals surface area contributed by atoms with E-state index in [2.05, 4.69) is 21.2 Å². The van der Waals surface area contributed by atoms with Crippen molar-refractivity contribution in [1.29, 1.82) is 0 Å². The molecule has 0 spiro atoms. The van der Waals surface area contributed by atoms with Gasteiger partial charge in [-0.3, -0.25) is 9.36 Å². The Morgan fingerprint density at radius 2 is 1.71 bits per heavy atom. The molecule has 0 aliphatic rings. The van der Waals surface area contributed by atoms with Gasteiger partial charge in [-0.2, -0.15) is 0 Å². The zero-order valence-electron chi connectivity index (χ0n) is 22.2. The number of benzene rings is 2. The van der Waals surface area contributed by atoms with Gasteiger partial charge in [0, 0.05) is 27.7 Å². The molecule has 3 aromatic rings. The minimum atomic E-state index is -3.62. The van der Waals surface area contributed by atoms with E-state index in [1.807, 2.05) is 31.8 Å². The van der Waals surface area contributed by atoms with Crippen LogP contribution in [0.3, 0.4) is 0 Å². The van der Waals surface area contributed by atoms with Crippen LogP contribution in [0.1, 0.15) is 30.6 Å². The molecular formula is C27H33BrNO7PSi. The van der Waals surface area contributed by atoms with Crippen LogP contribution in [-0.2, 0) is 18.4 Å². The number of carbonyl (C=O) groups is 2. The second-order valence-electron chi connectivity index (χ2n) is 9.45. The van der Waals surface area contributed by atoms with Crippen LogP contribution in [0.2, 0.25) is 19.6 Å². The van der Waals surface area contributed by atoms with Crippen molar-refractivity contribution in [2.75, 3.05) is 25.1 Å². The number of furan rings is 1. The number of rotatable bonds is 13. The highest BCUT2D eigenvalue weighted by Gasteiger charge is 2.31. The predicted octanol–water partition coefficient (Wildman–Crippen LogP) is 7.07. The van der Waals surface area contributed by atoms with Crippen molar-refractivity contribution >= 4 is 54.1 Å². The van der Waals surface area contributed by atoms with E-state index in [1.165, 1.54) is 0 Å². The lowest BCUT2D eigenvalue weighted by Crippen LogP contribution is -2.34. The van der Waals surface area contributed by atoms with Gasteiger partial charge in [-0.25, -0.2) is 0 Å². The van der Waals surface area contributed by atoms with Crippen molar-refractivity contribution in [3.63, 3.8) is 0 Å². The summed E-state index contributed by atoms with van der Waals surface area (Å²) in [7, 11) is -5.54. The number of ether oxygens (including phenoxy) is 1. The van der Waals surface area contributed by atoms with Gasteiger partial charge in [-0.1, -0.05) is 41.6 Å². The molecule has 8 nitrogen and oxygen atoms in total. The van der Waals surface area contributed by atoms with Crippen LogP contribution in [0.15, 0.2) is 63.5 Å². The van der Waals surface area contributed by atoms with Gasteiger partial charge in [0.2, 0.25) is 5.50 Å². The molecule has 38 heavy (non-hydrogen) atoms. The summed E-state index contributed by atoms with van der Waals surface area (Å²) in [4.78, 5) is 25.6. The Morgan fingerprint density at radius 1 is 1.00 bits per heavy atom. The van der Waals surface area contributed by atoms with E-state index in [4.69, 9.17) is 18.2 Å². The highest BCUT2D eigenvalue weighted by atomic mass is 79.9. The molecule has 0 radical (unpaired) electrons. The van der Waals surface area contributed by atoms with Gasteiger partial charge in [0.15, 0.2) is 0 Å². The molecule has 0 aliphatic heterocycles. The Bertz CT molecular complexity index is 1320. The summed E-state index contributed by atoms with van der Waals surface area (Å²) in [6.45, 7) is 10.00. The lowest BCUT2D eigenvalue weighted by molar-refractivity contribution is -0.113. The second kappa shape index (κ2) is 13.0. The monoisotopic (exact) mass is 621 g/mol. The van der Waals surface area contributed by atoms with E-state index >= 15 is 0 Å². The SMILES string of the molecule is CCOP(=O)(OCC)c1ccc(-c2cc(OCCC(=O)[Si](C)(C)C)cc(C(=O)Nc3cccc(Br)c3)c2)o1. The number of hydrogen-bond donors (Lipinski definition) is 1. The number of nitrogens with one attached hydrogen (secondary N) is 1. The van der Waals surface area contributed by atoms with E-state index in [0.29, 0.717) is 28.3 Å². The zero-order chi connectivity index (χ0) is 27.9. The first-order valence-electron chi connectivity index (χ1n) is 12.3. The average Bonchev–Trinajstić information content (AvgIpc) is 3.35. The maximum Gasteiger partial charge on any atom is 0.396 e. The van der Waals surface area contributed by atoms with Crippen molar-refractivity contribution in [2.45, 2.75) is 39.9 Å². The smallest absolute Gasteiger partial charge is 0.396 e. The van der Waals surface area contributed by atoms with Crippen LogP contribution >= 0.6 is 23.5 Å². The molecule has 0 atom stereocenters. The fraction of sp³-hybridized carbons (Fsp3) is 0.333. The minimum absolute atomic E-state index is 0.0726. The maximum absolute atomic E-state index is 13.2. The highest BCUT2D eigenvalue weighted by molar-refractivity contribution is 9.10. The van der Waals surface area contributed by atoms with Gasteiger partial charge in [0.1, 0.15) is 25.0 Å². The molecule has 1 aromatic heterocycles. The van der Waals surface area contributed by atoms with E-state index < -0.39 is 15.7 Å². The van der Waals surface area contributed by atoms with Gasteiger partial charge in [-0.15, -0.1) is 0 Å². The van der Waals surface area contributed by atoms with Crippen LogP contribution in [-0.4, -0.2) is 39.2 Å². The molecule has 0 fully saturated rings. The second-order valence-corrected chi connectivity index (χ2v) is 17.4. The Kier molecular flexibility index (Phi) is 10.3. The largest absolute Gasteiger partial charge is 0.493 e. The van der Waals surface area contributed by atoms with Crippen molar-refractivity contribution in [2.24, 2.45) is 0 Å². The first kappa shape index (κ1) is 30.1. The van der Waals surface area contributed by atoms with Gasteiger partial charge in [-0.05, 0) is 62.4 Å². The van der Waals surface area contributed by atoms with Crippen LogP contribution in [0.4, 0.5) is 5.69 Å². The standard InChI is InChI=1S/C27H33BrNO7PSi/c1-6-34-37(32,35-7-2)26-12-11-24(36-26)19-15-20(27(31)29-22-10-8-9-21(28)18-22)17-23(16-19)33-14-13-25(30)38(3,4)5/h8-12,15-18H,6-7,13-14H2,1-5H3,(H,29,31). The normalized spacial score (nSPS) is 11.8. The first-order chi connectivity index (χ1) is 17.9. The van der Waals surface area contributed by atoms with Gasteiger partial charge in [0.25, 0.3) is 5.91 Å². The third kappa shape index (κ3) is 8.00. The third-order valence-corrected chi connectivity index (χ3v) is 9.82.